The molecule has 0 amide bonds. The normalized spacial score (nSPS) is 7.62. The molecular weight excluding hydrogens is 98.1 g/mol. The smallest absolute Gasteiger partial charge is 0.0302 e. The number of hydrogen-bond acceptors (Lipinski definition) is 1. The average molecular weight is 109 g/mol. The van der Waals surface area contributed by atoms with Gasteiger partial charge in [0.1, 0.15) is 0 Å². The summed E-state index contributed by atoms with van der Waals surface area (Å²) < 4.78 is 0. The van der Waals surface area contributed by atoms with Gasteiger partial charge in [-0.25, -0.2) is 0 Å². The molecule has 1 nitrogen and oxygen atoms in total. The fourth-order valence-electron chi connectivity index (χ4n) is 0.325. The van der Waals surface area contributed by atoms with E-state index in [1.54, 1.807) is 6.08 Å². The minimum atomic E-state index is 0.789. The van der Waals surface area contributed by atoms with E-state index in [0.29, 0.717) is 0 Å². The number of hydrogen-bond donors (Lipinski definition) is 1. The SMILES string of the molecule is C=CC(=C)NC(=C)C. The minimum Gasteiger partial charge on any atom is -0.360 e. The summed E-state index contributed by atoms with van der Waals surface area (Å²) in [6.45, 7) is 12.6. The fraction of sp³-hybridized carbons (Fsp3) is 0.143. The van der Waals surface area contributed by atoms with Crippen molar-refractivity contribution in [3.63, 3.8) is 0 Å². The Bertz CT molecular complexity index is 122. The first-order valence-corrected chi connectivity index (χ1v) is 2.40. The van der Waals surface area contributed by atoms with Crippen LogP contribution in [0.1, 0.15) is 6.92 Å². The van der Waals surface area contributed by atoms with Gasteiger partial charge in [-0.05, 0) is 13.0 Å². The lowest BCUT2D eigenvalue weighted by molar-refractivity contribution is 1.02. The molecule has 1 N–H and O–H groups in total. The molecule has 8 heavy (non-hydrogen) atoms. The predicted octanol–water partition coefficient (Wildman–Crippen LogP) is 1.81. The van der Waals surface area contributed by atoms with E-state index in [1.165, 1.54) is 0 Å². The maximum Gasteiger partial charge on any atom is 0.0302 e. The zero-order valence-electron chi connectivity index (χ0n) is 5.20. The third kappa shape index (κ3) is 3.22. The van der Waals surface area contributed by atoms with Crippen molar-refractivity contribution in [3.8, 4) is 0 Å². The van der Waals surface area contributed by atoms with Crippen LogP contribution in [0.25, 0.3) is 0 Å². The van der Waals surface area contributed by atoms with Crippen molar-refractivity contribution >= 4 is 0 Å². The van der Waals surface area contributed by atoms with E-state index in [4.69, 9.17) is 0 Å². The summed E-state index contributed by atoms with van der Waals surface area (Å²) in [6.07, 6.45) is 1.65. The van der Waals surface area contributed by atoms with Gasteiger partial charge in [0, 0.05) is 11.4 Å². The number of allylic oxidation sites excluding steroid dienone is 2. The number of rotatable bonds is 3. The Morgan fingerprint density at radius 3 is 2.12 bits per heavy atom. The Balaban J connectivity index is 3.55. The maximum absolute atomic E-state index is 3.62. The first kappa shape index (κ1) is 7.02. The lowest BCUT2D eigenvalue weighted by atomic mass is 10.4. The molecule has 0 aliphatic heterocycles. The van der Waals surface area contributed by atoms with Gasteiger partial charge >= 0.3 is 0 Å². The van der Waals surface area contributed by atoms with E-state index < -0.39 is 0 Å². The summed E-state index contributed by atoms with van der Waals surface area (Å²) in [4.78, 5) is 0. The standard InChI is InChI=1S/C7H11N/c1-5-7(4)8-6(2)3/h5,8H,1-2,4H2,3H3. The van der Waals surface area contributed by atoms with Crippen LogP contribution < -0.4 is 5.32 Å². The van der Waals surface area contributed by atoms with E-state index in [9.17, 15) is 0 Å². The van der Waals surface area contributed by atoms with Crippen molar-refractivity contribution in [1.29, 1.82) is 0 Å². The first-order valence-electron chi connectivity index (χ1n) is 2.40. The summed E-state index contributed by atoms with van der Waals surface area (Å²) >= 11 is 0. The summed E-state index contributed by atoms with van der Waals surface area (Å²) in [5.41, 5.74) is 1.67. The van der Waals surface area contributed by atoms with E-state index in [2.05, 4.69) is 25.1 Å². The lowest BCUT2D eigenvalue weighted by Crippen LogP contribution is -2.05. The molecule has 44 valence electrons. The van der Waals surface area contributed by atoms with E-state index >= 15 is 0 Å². The largest absolute Gasteiger partial charge is 0.360 e. The van der Waals surface area contributed by atoms with Crippen LogP contribution in [0, 0.1) is 0 Å². The molecule has 0 unspecified atom stereocenters. The zero-order chi connectivity index (χ0) is 6.57. The van der Waals surface area contributed by atoms with Gasteiger partial charge in [0.05, 0.1) is 0 Å². The van der Waals surface area contributed by atoms with Crippen LogP contribution >= 0.6 is 0 Å². The number of nitrogens with one attached hydrogen (secondary N) is 1. The molecule has 0 bridgehead atoms. The minimum absolute atomic E-state index is 0.789. The van der Waals surface area contributed by atoms with Gasteiger partial charge in [0.25, 0.3) is 0 Å². The van der Waals surface area contributed by atoms with Crippen molar-refractivity contribution in [2.24, 2.45) is 0 Å². The second-order valence-electron chi connectivity index (χ2n) is 1.63. The van der Waals surface area contributed by atoms with E-state index in [0.717, 1.165) is 11.4 Å². The molecule has 0 aliphatic rings. The molecular formula is C7H11N. The molecule has 0 rings (SSSR count). The van der Waals surface area contributed by atoms with Crippen LogP contribution in [-0.2, 0) is 0 Å². The van der Waals surface area contributed by atoms with Crippen LogP contribution in [0.5, 0.6) is 0 Å². The van der Waals surface area contributed by atoms with Gasteiger partial charge in [-0.15, -0.1) is 0 Å². The van der Waals surface area contributed by atoms with Gasteiger partial charge in [0.15, 0.2) is 0 Å². The Labute approximate surface area is 50.4 Å². The fourth-order valence-corrected chi connectivity index (χ4v) is 0.325. The molecule has 0 saturated heterocycles. The Morgan fingerprint density at radius 2 is 2.00 bits per heavy atom. The Kier molecular flexibility index (Phi) is 2.70. The molecule has 0 saturated carbocycles. The Morgan fingerprint density at radius 1 is 1.50 bits per heavy atom. The average Bonchev–Trinajstić information content (AvgIpc) is 1.65. The van der Waals surface area contributed by atoms with Crippen molar-refractivity contribution < 1.29 is 0 Å². The molecule has 0 aromatic carbocycles. The van der Waals surface area contributed by atoms with Crippen LogP contribution in [0.4, 0.5) is 0 Å². The highest BCUT2D eigenvalue weighted by atomic mass is 14.9. The Hall–Kier alpha value is -0.980. The molecule has 0 aromatic rings. The second kappa shape index (κ2) is 3.08. The molecule has 0 spiro atoms. The molecule has 1 heteroatoms. The summed E-state index contributed by atoms with van der Waals surface area (Å²) in [5.74, 6) is 0. The van der Waals surface area contributed by atoms with Crippen LogP contribution in [0.2, 0.25) is 0 Å². The monoisotopic (exact) mass is 109 g/mol. The molecule has 0 atom stereocenters. The first-order chi connectivity index (χ1) is 3.66. The highest BCUT2D eigenvalue weighted by Gasteiger charge is 1.81. The molecule has 0 aliphatic carbocycles. The molecule has 0 fully saturated rings. The van der Waals surface area contributed by atoms with E-state index in [-0.39, 0.29) is 0 Å². The van der Waals surface area contributed by atoms with Gasteiger partial charge in [-0.3, -0.25) is 0 Å². The van der Waals surface area contributed by atoms with Crippen LogP contribution in [-0.4, -0.2) is 0 Å². The van der Waals surface area contributed by atoms with Crippen LogP contribution in [0.3, 0.4) is 0 Å². The van der Waals surface area contributed by atoms with Crippen LogP contribution in [0.15, 0.2) is 37.2 Å². The molecule has 0 heterocycles. The molecule has 0 aromatic heterocycles. The maximum atomic E-state index is 3.62. The second-order valence-corrected chi connectivity index (χ2v) is 1.63. The quantitative estimate of drug-likeness (QED) is 0.545. The highest BCUT2D eigenvalue weighted by Crippen LogP contribution is 1.87. The van der Waals surface area contributed by atoms with Gasteiger partial charge in [0.2, 0.25) is 0 Å². The zero-order valence-corrected chi connectivity index (χ0v) is 5.20. The van der Waals surface area contributed by atoms with Crippen molar-refractivity contribution in [1.82, 2.24) is 5.32 Å². The summed E-state index contributed by atoms with van der Waals surface area (Å²) in [5, 5.41) is 2.89. The van der Waals surface area contributed by atoms with Crippen molar-refractivity contribution in [2.45, 2.75) is 6.92 Å². The van der Waals surface area contributed by atoms with E-state index in [1.807, 2.05) is 6.92 Å². The topological polar surface area (TPSA) is 12.0 Å². The third-order valence-corrected chi connectivity index (χ3v) is 0.620. The van der Waals surface area contributed by atoms with Crippen molar-refractivity contribution in [2.75, 3.05) is 0 Å². The molecule has 0 radical (unpaired) electrons. The predicted molar refractivity (Wildman–Crippen MR) is 37.3 cm³/mol. The van der Waals surface area contributed by atoms with Gasteiger partial charge in [-0.2, -0.15) is 0 Å². The summed E-state index contributed by atoms with van der Waals surface area (Å²) in [6, 6.07) is 0. The highest BCUT2D eigenvalue weighted by molar-refractivity contribution is 5.13. The van der Waals surface area contributed by atoms with Crippen molar-refractivity contribution in [3.05, 3.63) is 37.2 Å². The van der Waals surface area contributed by atoms with Gasteiger partial charge < -0.3 is 5.32 Å². The van der Waals surface area contributed by atoms with Gasteiger partial charge in [-0.1, -0.05) is 19.7 Å². The third-order valence-electron chi connectivity index (χ3n) is 0.620. The summed E-state index contributed by atoms with van der Waals surface area (Å²) in [7, 11) is 0. The lowest BCUT2D eigenvalue weighted by Gasteiger charge is -2.00.